The lowest BCUT2D eigenvalue weighted by Gasteiger charge is -2.42. The number of amides is 2. The number of imidazole rings is 1. The molecule has 1 spiro atoms. The quantitative estimate of drug-likeness (QED) is 0.811. The molecule has 2 saturated heterocycles. The van der Waals surface area contributed by atoms with Crippen LogP contribution in [0.25, 0.3) is 0 Å². The monoisotopic (exact) mass is 368 g/mol. The number of carbonyl (C=O) groups is 2. The van der Waals surface area contributed by atoms with Crippen LogP contribution < -0.4 is 4.90 Å². The Morgan fingerprint density at radius 2 is 2.00 bits per heavy atom. The van der Waals surface area contributed by atoms with Crippen molar-refractivity contribution in [1.29, 1.82) is 0 Å². The van der Waals surface area contributed by atoms with E-state index >= 15 is 0 Å². The van der Waals surface area contributed by atoms with Gasteiger partial charge in [-0.05, 0) is 31.4 Å². The van der Waals surface area contributed by atoms with Crippen molar-refractivity contribution in [3.8, 4) is 0 Å². The first kappa shape index (κ1) is 17.7. The van der Waals surface area contributed by atoms with Crippen molar-refractivity contribution in [3.63, 3.8) is 0 Å². The molecule has 1 atom stereocenters. The van der Waals surface area contributed by atoms with Gasteiger partial charge in [-0.1, -0.05) is 18.2 Å². The van der Waals surface area contributed by atoms with Gasteiger partial charge in [0, 0.05) is 32.0 Å². The van der Waals surface area contributed by atoms with Crippen molar-refractivity contribution in [2.75, 3.05) is 31.1 Å². The zero-order valence-electron chi connectivity index (χ0n) is 15.5. The van der Waals surface area contributed by atoms with Crippen LogP contribution >= 0.6 is 0 Å². The fourth-order valence-corrected chi connectivity index (χ4v) is 3.92. The number of likely N-dealkylation sites (tertiary alicyclic amines) is 1. The van der Waals surface area contributed by atoms with Crippen LogP contribution in [0, 0.1) is 0 Å². The molecule has 7 nitrogen and oxygen atoms in total. The Kier molecular flexibility index (Phi) is 4.70. The summed E-state index contributed by atoms with van der Waals surface area (Å²) in [7, 11) is 1.85. The molecule has 2 amide bonds. The lowest BCUT2D eigenvalue weighted by Crippen LogP contribution is -2.55. The van der Waals surface area contributed by atoms with Crippen LogP contribution in [0.1, 0.15) is 29.8 Å². The number of anilines is 1. The molecule has 3 heterocycles. The number of benzene rings is 1. The maximum absolute atomic E-state index is 12.7. The van der Waals surface area contributed by atoms with Gasteiger partial charge in [0.15, 0.2) is 0 Å². The van der Waals surface area contributed by atoms with Crippen molar-refractivity contribution in [3.05, 3.63) is 48.5 Å². The molecule has 1 aromatic heterocycles. The molecule has 2 aromatic rings. The molecule has 7 heteroatoms. The van der Waals surface area contributed by atoms with E-state index in [0.717, 1.165) is 18.5 Å². The molecule has 2 aliphatic heterocycles. The van der Waals surface area contributed by atoms with Crippen molar-refractivity contribution in [2.45, 2.75) is 24.9 Å². The molecule has 142 valence electrons. The molecule has 27 heavy (non-hydrogen) atoms. The maximum Gasteiger partial charge on any atom is 0.274 e. The highest BCUT2D eigenvalue weighted by Crippen LogP contribution is 2.33. The lowest BCUT2D eigenvalue weighted by molar-refractivity contribution is -0.140. The van der Waals surface area contributed by atoms with Crippen molar-refractivity contribution >= 4 is 17.5 Å². The molecule has 0 aliphatic carbocycles. The van der Waals surface area contributed by atoms with E-state index in [0.29, 0.717) is 31.7 Å². The molecule has 1 aromatic carbocycles. The summed E-state index contributed by atoms with van der Waals surface area (Å²) in [4.78, 5) is 33.0. The first-order valence-electron chi connectivity index (χ1n) is 9.33. The molecule has 2 aliphatic rings. The van der Waals surface area contributed by atoms with E-state index in [-0.39, 0.29) is 18.4 Å². The summed E-state index contributed by atoms with van der Waals surface area (Å²) < 4.78 is 7.82. The van der Waals surface area contributed by atoms with E-state index in [9.17, 15) is 9.59 Å². The predicted molar refractivity (Wildman–Crippen MR) is 100 cm³/mol. The third-order valence-corrected chi connectivity index (χ3v) is 5.43. The number of ether oxygens (including phenoxy) is 1. The van der Waals surface area contributed by atoms with Crippen LogP contribution in [-0.4, -0.2) is 58.1 Å². The Morgan fingerprint density at radius 3 is 2.74 bits per heavy atom. The SMILES string of the molecule is Cn1cnc(C(=O)N2CCCC3(CC2)CN(c2ccccc2)C(=O)CO3)c1. The Morgan fingerprint density at radius 1 is 1.19 bits per heavy atom. The highest BCUT2D eigenvalue weighted by atomic mass is 16.5. The Labute approximate surface area is 158 Å². The summed E-state index contributed by atoms with van der Waals surface area (Å²) in [5.41, 5.74) is 0.970. The minimum Gasteiger partial charge on any atom is -0.363 e. The zero-order valence-corrected chi connectivity index (χ0v) is 15.5. The Hall–Kier alpha value is -2.67. The van der Waals surface area contributed by atoms with Gasteiger partial charge < -0.3 is 19.1 Å². The van der Waals surface area contributed by atoms with Gasteiger partial charge in [-0.15, -0.1) is 0 Å². The normalized spacial score (nSPS) is 23.5. The summed E-state index contributed by atoms with van der Waals surface area (Å²) in [5, 5.41) is 0. The minimum atomic E-state index is -0.400. The molecular formula is C20H24N4O3. The van der Waals surface area contributed by atoms with Gasteiger partial charge >= 0.3 is 0 Å². The van der Waals surface area contributed by atoms with Gasteiger partial charge in [-0.2, -0.15) is 0 Å². The van der Waals surface area contributed by atoms with E-state index in [1.54, 1.807) is 17.1 Å². The molecule has 2 fully saturated rings. The van der Waals surface area contributed by atoms with Gasteiger partial charge in [0.05, 0.1) is 18.5 Å². The number of nitrogens with zero attached hydrogens (tertiary/aromatic N) is 4. The van der Waals surface area contributed by atoms with Gasteiger partial charge in [0.25, 0.3) is 11.8 Å². The molecule has 0 bridgehead atoms. The van der Waals surface area contributed by atoms with Crippen molar-refractivity contribution in [1.82, 2.24) is 14.5 Å². The van der Waals surface area contributed by atoms with E-state index in [1.807, 2.05) is 47.2 Å². The number of morpholine rings is 1. The minimum absolute atomic E-state index is 0.0162. The van der Waals surface area contributed by atoms with Gasteiger partial charge in [-0.3, -0.25) is 9.59 Å². The predicted octanol–water partition coefficient (Wildman–Crippen LogP) is 1.85. The Balaban J connectivity index is 1.48. The number of hydrogen-bond donors (Lipinski definition) is 0. The number of carbonyl (C=O) groups excluding carboxylic acids is 2. The summed E-state index contributed by atoms with van der Waals surface area (Å²) in [6, 6.07) is 9.71. The molecule has 1 unspecified atom stereocenters. The first-order chi connectivity index (χ1) is 13.1. The summed E-state index contributed by atoms with van der Waals surface area (Å²) >= 11 is 0. The average molecular weight is 368 g/mol. The number of rotatable bonds is 2. The fourth-order valence-electron chi connectivity index (χ4n) is 3.92. The van der Waals surface area contributed by atoms with E-state index < -0.39 is 5.60 Å². The highest BCUT2D eigenvalue weighted by Gasteiger charge is 2.42. The third-order valence-electron chi connectivity index (χ3n) is 5.43. The molecule has 4 rings (SSSR count). The van der Waals surface area contributed by atoms with Gasteiger partial charge in [0.1, 0.15) is 12.3 Å². The van der Waals surface area contributed by atoms with Crippen LogP contribution in [0.5, 0.6) is 0 Å². The largest absolute Gasteiger partial charge is 0.363 e. The second-order valence-corrected chi connectivity index (χ2v) is 7.36. The fraction of sp³-hybridized carbons (Fsp3) is 0.450. The first-order valence-corrected chi connectivity index (χ1v) is 9.33. The van der Waals surface area contributed by atoms with Crippen LogP contribution in [0.15, 0.2) is 42.9 Å². The second kappa shape index (κ2) is 7.15. The van der Waals surface area contributed by atoms with Crippen LogP contribution in [-0.2, 0) is 16.6 Å². The van der Waals surface area contributed by atoms with E-state index in [1.165, 1.54) is 0 Å². The number of hydrogen-bond acceptors (Lipinski definition) is 4. The van der Waals surface area contributed by atoms with Crippen LogP contribution in [0.3, 0.4) is 0 Å². The van der Waals surface area contributed by atoms with Crippen molar-refractivity contribution in [2.24, 2.45) is 7.05 Å². The molecule has 0 N–H and O–H groups in total. The number of para-hydroxylation sites is 1. The van der Waals surface area contributed by atoms with Crippen LogP contribution in [0.2, 0.25) is 0 Å². The molecule has 0 radical (unpaired) electrons. The maximum atomic E-state index is 12.7. The number of aryl methyl sites for hydroxylation is 1. The van der Waals surface area contributed by atoms with Gasteiger partial charge in [-0.25, -0.2) is 4.98 Å². The second-order valence-electron chi connectivity index (χ2n) is 7.36. The smallest absolute Gasteiger partial charge is 0.274 e. The highest BCUT2D eigenvalue weighted by molar-refractivity contribution is 5.95. The van der Waals surface area contributed by atoms with E-state index in [4.69, 9.17) is 4.74 Å². The van der Waals surface area contributed by atoms with Crippen LogP contribution in [0.4, 0.5) is 5.69 Å². The van der Waals surface area contributed by atoms with Gasteiger partial charge in [0.2, 0.25) is 0 Å². The standard InChI is InChI=1S/C20H24N4O3/c1-22-12-17(21-15-22)19(26)23-10-5-8-20(9-11-23)14-24(18(25)13-27-20)16-6-3-2-4-7-16/h2-4,6-7,12,15H,5,8-11,13-14H2,1H3. The topological polar surface area (TPSA) is 67.7 Å². The summed E-state index contributed by atoms with van der Waals surface area (Å²) in [6.07, 6.45) is 5.77. The van der Waals surface area contributed by atoms with Crippen molar-refractivity contribution < 1.29 is 14.3 Å². The lowest BCUT2D eigenvalue weighted by atomic mass is 9.92. The Bertz CT molecular complexity index is 835. The molecular weight excluding hydrogens is 344 g/mol. The van der Waals surface area contributed by atoms with E-state index in [2.05, 4.69) is 4.98 Å². The molecule has 0 saturated carbocycles. The third kappa shape index (κ3) is 3.60. The number of aromatic nitrogens is 2. The average Bonchev–Trinajstić information content (AvgIpc) is 3.02. The summed E-state index contributed by atoms with van der Waals surface area (Å²) in [5.74, 6) is -0.0584. The summed E-state index contributed by atoms with van der Waals surface area (Å²) in [6.45, 7) is 1.90. The zero-order chi connectivity index (χ0) is 18.9.